The van der Waals surface area contributed by atoms with Gasteiger partial charge in [0.15, 0.2) is 0 Å². The van der Waals surface area contributed by atoms with E-state index >= 15 is 0 Å². The van der Waals surface area contributed by atoms with Gasteiger partial charge in [0.05, 0.1) is 0 Å². The van der Waals surface area contributed by atoms with Crippen LogP contribution in [0.25, 0.3) is 0 Å². The molecule has 0 saturated heterocycles. The van der Waals surface area contributed by atoms with Crippen molar-refractivity contribution in [3.05, 3.63) is 0 Å². The zero-order chi connectivity index (χ0) is 17.0. The number of ether oxygens (including phenoxy) is 1. The number of unbranched alkanes of at least 4 members (excludes halogenated alkanes) is 3. The highest BCUT2D eigenvalue weighted by Crippen LogP contribution is 2.03. The van der Waals surface area contributed by atoms with E-state index in [-0.39, 0.29) is 30.4 Å². The third-order valence-corrected chi connectivity index (χ3v) is 3.62. The van der Waals surface area contributed by atoms with Crippen molar-refractivity contribution in [1.29, 1.82) is 0 Å². The molecule has 2 atom stereocenters. The number of likely N-dealkylation sites (N-methyl/N-ethyl adjacent to an activating group) is 2. The van der Waals surface area contributed by atoms with Gasteiger partial charge in [0, 0.05) is 6.54 Å². The van der Waals surface area contributed by atoms with Crippen molar-refractivity contribution in [1.82, 2.24) is 16.0 Å². The van der Waals surface area contributed by atoms with E-state index in [9.17, 15) is 9.59 Å². The van der Waals surface area contributed by atoms with E-state index in [1.54, 1.807) is 14.1 Å². The molecule has 130 valence electrons. The average molecular weight is 315 g/mol. The monoisotopic (exact) mass is 315 g/mol. The highest BCUT2D eigenvalue weighted by atomic mass is 16.5. The predicted molar refractivity (Wildman–Crippen MR) is 88.6 cm³/mol. The Hall–Kier alpha value is -1.14. The van der Waals surface area contributed by atoms with Crippen LogP contribution in [0.3, 0.4) is 0 Å². The normalized spacial score (nSPS) is 13.7. The van der Waals surface area contributed by atoms with Crippen LogP contribution < -0.4 is 16.0 Å². The predicted octanol–water partition coefficient (Wildman–Crippen LogP) is 1.06. The fraction of sp³-hybridized carbons (Fsp3) is 0.875. The smallest absolute Gasteiger partial charge is 0.323 e. The zero-order valence-corrected chi connectivity index (χ0v) is 14.7. The minimum absolute atomic E-state index is 0.0427. The van der Waals surface area contributed by atoms with Crippen molar-refractivity contribution in [3.63, 3.8) is 0 Å². The van der Waals surface area contributed by atoms with Gasteiger partial charge in [-0.25, -0.2) is 0 Å². The number of carbonyl (C=O) groups is 2. The summed E-state index contributed by atoms with van der Waals surface area (Å²) in [7, 11) is 3.41. The highest BCUT2D eigenvalue weighted by molar-refractivity contribution is 5.82. The molecule has 0 aliphatic carbocycles. The number of amides is 1. The Balaban J connectivity index is 4.13. The summed E-state index contributed by atoms with van der Waals surface area (Å²) in [5.74, 6) is -0.316. The molecule has 0 aliphatic rings. The van der Waals surface area contributed by atoms with Gasteiger partial charge in [-0.1, -0.05) is 40.0 Å². The lowest BCUT2D eigenvalue weighted by Crippen LogP contribution is -2.48. The Labute approximate surface area is 134 Å². The van der Waals surface area contributed by atoms with Gasteiger partial charge in [-0.3, -0.25) is 9.59 Å². The van der Waals surface area contributed by atoms with Crippen molar-refractivity contribution in [3.8, 4) is 0 Å². The molecule has 0 aliphatic heterocycles. The van der Waals surface area contributed by atoms with E-state index in [0.29, 0.717) is 6.54 Å². The topological polar surface area (TPSA) is 79.5 Å². The Morgan fingerprint density at radius 3 is 2.23 bits per heavy atom. The lowest BCUT2D eigenvalue weighted by molar-refractivity contribution is -0.148. The highest BCUT2D eigenvalue weighted by Gasteiger charge is 2.24. The van der Waals surface area contributed by atoms with Gasteiger partial charge in [0.2, 0.25) is 5.91 Å². The van der Waals surface area contributed by atoms with E-state index in [2.05, 4.69) is 22.9 Å². The summed E-state index contributed by atoms with van der Waals surface area (Å²) in [6, 6.07) is -0.866. The number of esters is 1. The van der Waals surface area contributed by atoms with Gasteiger partial charge in [-0.2, -0.15) is 0 Å². The van der Waals surface area contributed by atoms with E-state index < -0.39 is 6.04 Å². The Morgan fingerprint density at radius 1 is 1.05 bits per heavy atom. The Morgan fingerprint density at radius 2 is 1.73 bits per heavy atom. The van der Waals surface area contributed by atoms with Crippen molar-refractivity contribution >= 4 is 11.9 Å². The minimum atomic E-state index is -0.514. The number of carbonyl (C=O) groups excluding carboxylic acids is 2. The van der Waals surface area contributed by atoms with E-state index in [0.717, 1.165) is 12.8 Å². The maximum absolute atomic E-state index is 12.0. The summed E-state index contributed by atoms with van der Waals surface area (Å²) in [5, 5.41) is 8.69. The first-order chi connectivity index (χ1) is 10.5. The van der Waals surface area contributed by atoms with Crippen LogP contribution in [0.1, 0.15) is 46.5 Å². The first kappa shape index (κ1) is 20.9. The molecule has 1 amide bonds. The van der Waals surface area contributed by atoms with Crippen LogP contribution in [-0.2, 0) is 14.3 Å². The van der Waals surface area contributed by atoms with Gasteiger partial charge >= 0.3 is 5.97 Å². The second-order valence-corrected chi connectivity index (χ2v) is 5.83. The van der Waals surface area contributed by atoms with Crippen LogP contribution in [0.15, 0.2) is 0 Å². The van der Waals surface area contributed by atoms with Gasteiger partial charge in [-0.05, 0) is 26.4 Å². The molecule has 6 heteroatoms. The molecule has 0 unspecified atom stereocenters. The van der Waals surface area contributed by atoms with Gasteiger partial charge < -0.3 is 20.7 Å². The fourth-order valence-corrected chi connectivity index (χ4v) is 2.16. The van der Waals surface area contributed by atoms with Crippen LogP contribution >= 0.6 is 0 Å². The SMILES string of the molecule is CCCCCCNC(=O)[C@@H](COC(=O)[C@@H](NC)C(C)C)NC. The molecule has 0 aromatic carbocycles. The van der Waals surface area contributed by atoms with Crippen LogP contribution in [0.5, 0.6) is 0 Å². The minimum Gasteiger partial charge on any atom is -0.462 e. The zero-order valence-electron chi connectivity index (χ0n) is 14.7. The second kappa shape index (κ2) is 12.4. The molecule has 6 nitrogen and oxygen atoms in total. The molecule has 0 radical (unpaired) electrons. The summed E-state index contributed by atoms with van der Waals surface area (Å²) in [5.41, 5.74) is 0. The molecule has 0 rings (SSSR count). The molecular weight excluding hydrogens is 282 g/mol. The Kier molecular flexibility index (Phi) is 11.8. The number of rotatable bonds is 12. The third-order valence-electron chi connectivity index (χ3n) is 3.62. The number of hydrogen-bond donors (Lipinski definition) is 3. The first-order valence-electron chi connectivity index (χ1n) is 8.26. The standard InChI is InChI=1S/C16H33N3O3/c1-6-7-8-9-10-19-15(20)13(17-4)11-22-16(21)14(18-5)12(2)3/h12-14,17-18H,6-11H2,1-5H3,(H,19,20)/t13-,14+/m1/s1. The Bertz CT molecular complexity index is 322. The lowest BCUT2D eigenvalue weighted by atomic mass is 10.1. The summed E-state index contributed by atoms with van der Waals surface area (Å²) >= 11 is 0. The van der Waals surface area contributed by atoms with Crippen molar-refractivity contribution in [2.45, 2.75) is 58.5 Å². The maximum Gasteiger partial charge on any atom is 0.323 e. The molecular formula is C16H33N3O3. The van der Waals surface area contributed by atoms with Crippen molar-refractivity contribution < 1.29 is 14.3 Å². The molecule has 0 spiro atoms. The summed E-state index contributed by atoms with van der Waals surface area (Å²) < 4.78 is 5.25. The van der Waals surface area contributed by atoms with Crippen LogP contribution in [0, 0.1) is 5.92 Å². The quantitative estimate of drug-likeness (QED) is 0.371. The molecule has 0 saturated carbocycles. The number of hydrogen-bond acceptors (Lipinski definition) is 5. The molecule has 3 N–H and O–H groups in total. The van der Waals surface area contributed by atoms with Gasteiger partial charge in [0.1, 0.15) is 18.7 Å². The third kappa shape index (κ3) is 8.34. The molecule has 0 aromatic rings. The van der Waals surface area contributed by atoms with Gasteiger partial charge in [-0.15, -0.1) is 0 Å². The molecule has 0 bridgehead atoms. The molecule has 0 aromatic heterocycles. The van der Waals surface area contributed by atoms with Crippen molar-refractivity contribution in [2.75, 3.05) is 27.2 Å². The largest absolute Gasteiger partial charge is 0.462 e. The maximum atomic E-state index is 12.0. The van der Waals surface area contributed by atoms with E-state index in [1.165, 1.54) is 12.8 Å². The molecule has 22 heavy (non-hydrogen) atoms. The lowest BCUT2D eigenvalue weighted by Gasteiger charge is -2.21. The van der Waals surface area contributed by atoms with Crippen molar-refractivity contribution in [2.24, 2.45) is 5.92 Å². The number of nitrogens with one attached hydrogen (secondary N) is 3. The fourth-order valence-electron chi connectivity index (χ4n) is 2.16. The molecule has 0 heterocycles. The summed E-state index contributed by atoms with van der Waals surface area (Å²) in [6.45, 7) is 6.75. The second-order valence-electron chi connectivity index (χ2n) is 5.83. The van der Waals surface area contributed by atoms with Gasteiger partial charge in [0.25, 0.3) is 0 Å². The van der Waals surface area contributed by atoms with E-state index in [4.69, 9.17) is 4.74 Å². The van der Waals surface area contributed by atoms with E-state index in [1.807, 2.05) is 13.8 Å². The van der Waals surface area contributed by atoms with Crippen LogP contribution in [0.4, 0.5) is 0 Å². The first-order valence-corrected chi connectivity index (χ1v) is 8.26. The molecule has 0 fully saturated rings. The summed E-state index contributed by atoms with van der Waals surface area (Å²) in [4.78, 5) is 24.0. The summed E-state index contributed by atoms with van der Waals surface area (Å²) in [6.07, 6.45) is 4.45. The van der Waals surface area contributed by atoms with Crippen LogP contribution in [0.2, 0.25) is 0 Å². The van der Waals surface area contributed by atoms with Crippen LogP contribution in [-0.4, -0.2) is 51.2 Å². The average Bonchev–Trinajstić information content (AvgIpc) is 2.48.